The van der Waals surface area contributed by atoms with Crippen LogP contribution in [0.2, 0.25) is 0 Å². The van der Waals surface area contributed by atoms with E-state index < -0.39 is 0 Å². The maximum Gasteiger partial charge on any atom is 0.309 e. The fourth-order valence-corrected chi connectivity index (χ4v) is 0.570. The van der Waals surface area contributed by atoms with Gasteiger partial charge in [-0.2, -0.15) is 0 Å². The Hall–Kier alpha value is -0.790. The zero-order valence-corrected chi connectivity index (χ0v) is 7.46. The number of allylic oxidation sites excluding steroid dienone is 1. The van der Waals surface area contributed by atoms with Crippen molar-refractivity contribution in [2.75, 3.05) is 0 Å². The van der Waals surface area contributed by atoms with E-state index in [-0.39, 0.29) is 12.1 Å². The molecule has 0 spiro atoms. The van der Waals surface area contributed by atoms with Gasteiger partial charge in [-0.15, -0.1) is 0 Å². The summed E-state index contributed by atoms with van der Waals surface area (Å²) in [7, 11) is 0. The summed E-state index contributed by atoms with van der Waals surface area (Å²) in [6, 6.07) is 0. The van der Waals surface area contributed by atoms with Crippen LogP contribution >= 0.6 is 0 Å². The number of carbonyl (C=O) groups is 1. The highest BCUT2D eigenvalue weighted by Crippen LogP contribution is 1.98. The molecule has 0 aromatic carbocycles. The monoisotopic (exact) mass is 156 g/mol. The van der Waals surface area contributed by atoms with Crippen molar-refractivity contribution in [3.8, 4) is 0 Å². The van der Waals surface area contributed by atoms with E-state index in [1.807, 2.05) is 26.8 Å². The molecule has 2 heteroatoms. The van der Waals surface area contributed by atoms with E-state index in [1.165, 1.54) is 0 Å². The van der Waals surface area contributed by atoms with Crippen LogP contribution in [0, 0.1) is 0 Å². The Kier molecular flexibility index (Phi) is 5.53. The van der Waals surface area contributed by atoms with Gasteiger partial charge in [0.25, 0.3) is 0 Å². The van der Waals surface area contributed by atoms with Crippen molar-refractivity contribution in [2.24, 2.45) is 0 Å². The molecule has 0 aromatic rings. The third kappa shape index (κ3) is 5.64. The van der Waals surface area contributed by atoms with Crippen molar-refractivity contribution in [3.63, 3.8) is 0 Å². The molecule has 0 aliphatic carbocycles. The summed E-state index contributed by atoms with van der Waals surface area (Å²) in [6.07, 6.45) is 4.96. The van der Waals surface area contributed by atoms with Gasteiger partial charge in [0.05, 0.1) is 12.5 Å². The molecule has 2 nitrogen and oxygen atoms in total. The molecule has 0 aromatic heterocycles. The number of hydrogen-bond acceptors (Lipinski definition) is 2. The highest BCUT2D eigenvalue weighted by atomic mass is 16.5. The molecular weight excluding hydrogens is 140 g/mol. The van der Waals surface area contributed by atoms with Gasteiger partial charge >= 0.3 is 5.97 Å². The lowest BCUT2D eigenvalue weighted by molar-refractivity contribution is -0.147. The van der Waals surface area contributed by atoms with E-state index in [9.17, 15) is 4.79 Å². The van der Waals surface area contributed by atoms with Gasteiger partial charge in [0.2, 0.25) is 0 Å². The van der Waals surface area contributed by atoms with Crippen molar-refractivity contribution in [3.05, 3.63) is 12.2 Å². The Balaban J connectivity index is 3.52. The summed E-state index contributed by atoms with van der Waals surface area (Å²) < 4.78 is 5.01. The van der Waals surface area contributed by atoms with Crippen LogP contribution < -0.4 is 0 Å². The zero-order chi connectivity index (χ0) is 8.69. The predicted molar refractivity (Wildman–Crippen MR) is 45.3 cm³/mol. The normalized spacial score (nSPS) is 13.4. The Labute approximate surface area is 68.2 Å². The molecular formula is C9H16O2. The van der Waals surface area contributed by atoms with E-state index in [0.717, 1.165) is 6.42 Å². The summed E-state index contributed by atoms with van der Waals surface area (Å²) in [6.45, 7) is 5.78. The van der Waals surface area contributed by atoms with Crippen LogP contribution in [-0.4, -0.2) is 12.1 Å². The molecule has 0 rings (SSSR count). The van der Waals surface area contributed by atoms with Gasteiger partial charge in [0.15, 0.2) is 0 Å². The topological polar surface area (TPSA) is 26.3 Å². The fraction of sp³-hybridized carbons (Fsp3) is 0.667. The van der Waals surface area contributed by atoms with Crippen LogP contribution in [0.25, 0.3) is 0 Å². The number of hydrogen-bond donors (Lipinski definition) is 0. The minimum atomic E-state index is -0.141. The maximum absolute atomic E-state index is 10.9. The summed E-state index contributed by atoms with van der Waals surface area (Å²) >= 11 is 0. The largest absolute Gasteiger partial charge is 0.462 e. The van der Waals surface area contributed by atoms with Crippen molar-refractivity contribution in [1.82, 2.24) is 0 Å². The first-order valence-corrected chi connectivity index (χ1v) is 4.01. The number of carbonyl (C=O) groups excluding carboxylic acids is 1. The molecule has 0 heterocycles. The van der Waals surface area contributed by atoms with E-state index in [0.29, 0.717) is 6.42 Å². The van der Waals surface area contributed by atoms with Crippen LogP contribution in [0.5, 0.6) is 0 Å². The van der Waals surface area contributed by atoms with E-state index in [2.05, 4.69) is 0 Å². The van der Waals surface area contributed by atoms with Gasteiger partial charge in [-0.05, 0) is 20.3 Å². The molecule has 0 radical (unpaired) electrons. The van der Waals surface area contributed by atoms with E-state index >= 15 is 0 Å². The van der Waals surface area contributed by atoms with Crippen molar-refractivity contribution in [2.45, 2.75) is 39.7 Å². The fourth-order valence-electron chi connectivity index (χ4n) is 0.570. The Morgan fingerprint density at radius 1 is 1.64 bits per heavy atom. The van der Waals surface area contributed by atoms with Gasteiger partial charge in [0.1, 0.15) is 0 Å². The molecule has 0 aliphatic rings. The average Bonchev–Trinajstić information content (AvgIpc) is 2.00. The van der Waals surface area contributed by atoms with Crippen LogP contribution in [0.15, 0.2) is 12.2 Å². The summed E-state index contributed by atoms with van der Waals surface area (Å²) in [5.41, 5.74) is 0. The molecule has 0 amide bonds. The molecule has 0 bridgehead atoms. The Morgan fingerprint density at radius 2 is 2.27 bits per heavy atom. The molecule has 0 aliphatic heterocycles. The van der Waals surface area contributed by atoms with Gasteiger partial charge in [-0.25, -0.2) is 0 Å². The van der Waals surface area contributed by atoms with Crippen molar-refractivity contribution < 1.29 is 9.53 Å². The number of ether oxygens (including phenoxy) is 1. The van der Waals surface area contributed by atoms with Gasteiger partial charge in [0, 0.05) is 0 Å². The highest BCUT2D eigenvalue weighted by Gasteiger charge is 2.04. The molecule has 0 N–H and O–H groups in total. The molecule has 11 heavy (non-hydrogen) atoms. The second-order valence-corrected chi connectivity index (χ2v) is 2.48. The van der Waals surface area contributed by atoms with Crippen LogP contribution in [0.1, 0.15) is 33.6 Å². The second-order valence-electron chi connectivity index (χ2n) is 2.48. The second kappa shape index (κ2) is 5.96. The lowest BCUT2D eigenvalue weighted by Crippen LogP contribution is -2.12. The standard InChI is InChI=1S/C9H16O2/c1-4-6-7-9(10)11-8(3)5-2/h4,6,8H,5,7H2,1-3H3. The average molecular weight is 156 g/mol. The lowest BCUT2D eigenvalue weighted by Gasteiger charge is -2.08. The molecule has 0 saturated heterocycles. The quantitative estimate of drug-likeness (QED) is 0.461. The first-order chi connectivity index (χ1) is 5.20. The lowest BCUT2D eigenvalue weighted by atomic mass is 10.3. The first kappa shape index (κ1) is 10.2. The summed E-state index contributed by atoms with van der Waals surface area (Å²) in [5, 5.41) is 0. The van der Waals surface area contributed by atoms with Gasteiger partial charge in [-0.1, -0.05) is 19.1 Å². The Morgan fingerprint density at radius 3 is 2.73 bits per heavy atom. The van der Waals surface area contributed by atoms with Crippen LogP contribution in [0.4, 0.5) is 0 Å². The zero-order valence-electron chi connectivity index (χ0n) is 7.46. The van der Waals surface area contributed by atoms with Crippen molar-refractivity contribution >= 4 is 5.97 Å². The van der Waals surface area contributed by atoms with E-state index in [4.69, 9.17) is 4.74 Å². The minimum Gasteiger partial charge on any atom is -0.462 e. The molecule has 1 unspecified atom stereocenters. The van der Waals surface area contributed by atoms with Crippen LogP contribution in [-0.2, 0) is 9.53 Å². The predicted octanol–water partition coefficient (Wildman–Crippen LogP) is 2.29. The number of esters is 1. The SMILES string of the molecule is CC=CCC(=O)OC(C)CC. The molecule has 64 valence electrons. The van der Waals surface area contributed by atoms with Gasteiger partial charge < -0.3 is 4.74 Å². The third-order valence-corrected chi connectivity index (χ3v) is 1.43. The minimum absolute atomic E-state index is 0.0488. The van der Waals surface area contributed by atoms with Crippen LogP contribution in [0.3, 0.4) is 0 Å². The van der Waals surface area contributed by atoms with Gasteiger partial charge in [-0.3, -0.25) is 4.79 Å². The van der Waals surface area contributed by atoms with Crippen molar-refractivity contribution in [1.29, 1.82) is 0 Å². The molecule has 1 atom stereocenters. The highest BCUT2D eigenvalue weighted by molar-refractivity contribution is 5.71. The first-order valence-electron chi connectivity index (χ1n) is 4.01. The molecule has 0 fully saturated rings. The number of rotatable bonds is 4. The summed E-state index contributed by atoms with van der Waals surface area (Å²) in [5.74, 6) is -0.141. The van der Waals surface area contributed by atoms with E-state index in [1.54, 1.807) is 6.08 Å². The molecule has 0 saturated carbocycles. The smallest absolute Gasteiger partial charge is 0.309 e. The summed E-state index contributed by atoms with van der Waals surface area (Å²) in [4.78, 5) is 10.9. The maximum atomic E-state index is 10.9. The Bertz CT molecular complexity index is 138. The third-order valence-electron chi connectivity index (χ3n) is 1.43.